The first kappa shape index (κ1) is 19.4. The molecule has 0 radical (unpaired) electrons. The lowest BCUT2D eigenvalue weighted by Crippen LogP contribution is -2.43. The van der Waals surface area contributed by atoms with Crippen LogP contribution in [0, 0.1) is 0 Å². The van der Waals surface area contributed by atoms with Gasteiger partial charge in [-0.3, -0.25) is 9.78 Å². The smallest absolute Gasteiger partial charge is 0.233 e. The molecule has 1 aliphatic carbocycles. The van der Waals surface area contributed by atoms with Crippen molar-refractivity contribution in [3.63, 3.8) is 0 Å². The highest BCUT2D eigenvalue weighted by molar-refractivity contribution is 7.99. The van der Waals surface area contributed by atoms with Crippen molar-refractivity contribution in [3.8, 4) is 11.4 Å². The van der Waals surface area contributed by atoms with Crippen molar-refractivity contribution in [1.82, 2.24) is 24.6 Å². The lowest BCUT2D eigenvalue weighted by molar-refractivity contribution is -0.130. The first-order chi connectivity index (χ1) is 13.5. The second-order valence-corrected chi connectivity index (χ2v) is 10.3. The zero-order valence-electron chi connectivity index (χ0n) is 15.7. The molecule has 10 heteroatoms. The SMILES string of the molecule is CCn1c(SCC(=O)N(C2CC2)[C@@H]2CCS(=O)(=O)C2)nnc1-c1ccncc1. The third kappa shape index (κ3) is 4.07. The molecule has 2 fully saturated rings. The van der Waals surface area contributed by atoms with E-state index in [1.54, 1.807) is 12.4 Å². The number of nitrogens with zero attached hydrogens (tertiary/aromatic N) is 5. The summed E-state index contributed by atoms with van der Waals surface area (Å²) >= 11 is 1.36. The van der Waals surface area contributed by atoms with E-state index >= 15 is 0 Å². The van der Waals surface area contributed by atoms with Gasteiger partial charge in [-0.05, 0) is 38.3 Å². The van der Waals surface area contributed by atoms with Crippen molar-refractivity contribution in [3.05, 3.63) is 24.5 Å². The van der Waals surface area contributed by atoms with Gasteiger partial charge in [0.15, 0.2) is 20.8 Å². The molecule has 1 atom stereocenters. The summed E-state index contributed by atoms with van der Waals surface area (Å²) in [7, 11) is -3.02. The van der Waals surface area contributed by atoms with Crippen molar-refractivity contribution in [1.29, 1.82) is 0 Å². The van der Waals surface area contributed by atoms with Crippen LogP contribution in [0.15, 0.2) is 29.7 Å². The molecule has 1 saturated carbocycles. The molecular weight excluding hydrogens is 398 g/mol. The molecule has 28 heavy (non-hydrogen) atoms. The van der Waals surface area contributed by atoms with E-state index in [0.717, 1.165) is 24.2 Å². The predicted molar refractivity (Wildman–Crippen MR) is 107 cm³/mol. The average Bonchev–Trinajstić information content (AvgIpc) is 3.32. The summed E-state index contributed by atoms with van der Waals surface area (Å²) < 4.78 is 25.7. The molecule has 0 aromatic carbocycles. The summed E-state index contributed by atoms with van der Waals surface area (Å²) in [6.07, 6.45) is 5.90. The lowest BCUT2D eigenvalue weighted by atomic mass is 10.2. The second kappa shape index (κ2) is 7.82. The van der Waals surface area contributed by atoms with E-state index < -0.39 is 9.84 Å². The molecule has 0 N–H and O–H groups in total. The van der Waals surface area contributed by atoms with Crippen LogP contribution < -0.4 is 0 Å². The molecule has 1 aliphatic heterocycles. The Bertz CT molecular complexity index is 957. The first-order valence-corrected chi connectivity index (χ1v) is 12.3. The highest BCUT2D eigenvalue weighted by Gasteiger charge is 2.42. The Kier molecular flexibility index (Phi) is 5.42. The zero-order valence-corrected chi connectivity index (χ0v) is 17.3. The Balaban J connectivity index is 1.46. The summed E-state index contributed by atoms with van der Waals surface area (Å²) in [5.41, 5.74) is 0.929. The minimum Gasteiger partial charge on any atom is -0.335 e. The third-order valence-electron chi connectivity index (χ3n) is 5.13. The van der Waals surface area contributed by atoms with E-state index in [1.165, 1.54) is 11.8 Å². The van der Waals surface area contributed by atoms with Gasteiger partial charge in [-0.25, -0.2) is 8.42 Å². The van der Waals surface area contributed by atoms with Crippen molar-refractivity contribution < 1.29 is 13.2 Å². The number of aromatic nitrogens is 4. The third-order valence-corrected chi connectivity index (χ3v) is 7.83. The molecule has 0 bridgehead atoms. The molecule has 3 heterocycles. The number of thioether (sulfide) groups is 1. The Morgan fingerprint density at radius 3 is 2.57 bits per heavy atom. The topological polar surface area (TPSA) is 98.1 Å². The van der Waals surface area contributed by atoms with Crippen molar-refractivity contribution in [2.75, 3.05) is 17.3 Å². The molecule has 150 valence electrons. The fourth-order valence-corrected chi connectivity index (χ4v) is 6.23. The molecule has 4 rings (SSSR count). The molecule has 2 aromatic heterocycles. The largest absolute Gasteiger partial charge is 0.335 e. The van der Waals surface area contributed by atoms with Crippen molar-refractivity contribution in [2.45, 2.75) is 50.0 Å². The van der Waals surface area contributed by atoms with Gasteiger partial charge >= 0.3 is 0 Å². The number of carbonyl (C=O) groups excluding carboxylic acids is 1. The van der Waals surface area contributed by atoms with Crippen LogP contribution >= 0.6 is 11.8 Å². The molecular formula is C18H23N5O3S2. The van der Waals surface area contributed by atoms with Gasteiger partial charge in [-0.15, -0.1) is 10.2 Å². The minimum absolute atomic E-state index is 0.00860. The van der Waals surface area contributed by atoms with E-state index in [4.69, 9.17) is 0 Å². The van der Waals surface area contributed by atoms with Crippen LogP contribution in [0.5, 0.6) is 0 Å². The number of sulfone groups is 1. The van der Waals surface area contributed by atoms with Crippen LogP contribution in [0.1, 0.15) is 26.2 Å². The van der Waals surface area contributed by atoms with E-state index in [2.05, 4.69) is 15.2 Å². The number of rotatable bonds is 7. The molecule has 0 spiro atoms. The molecule has 2 aromatic rings. The maximum atomic E-state index is 12.9. The summed E-state index contributed by atoms with van der Waals surface area (Å²) in [6.45, 7) is 2.70. The van der Waals surface area contributed by atoms with Crippen LogP contribution in [0.3, 0.4) is 0 Å². The van der Waals surface area contributed by atoms with E-state index in [-0.39, 0.29) is 35.2 Å². The number of carbonyl (C=O) groups is 1. The summed E-state index contributed by atoms with van der Waals surface area (Å²) in [4.78, 5) is 18.8. The quantitative estimate of drug-likeness (QED) is 0.627. The Morgan fingerprint density at radius 2 is 1.96 bits per heavy atom. The standard InChI is InChI=1S/C18H23N5O3S2/c1-2-22-17(13-5-8-19-9-6-13)20-21-18(22)27-11-16(24)23(14-3-4-14)15-7-10-28(25,26)12-15/h5-6,8-9,14-15H,2-4,7,10-12H2,1H3/t15-/m1/s1. The average molecular weight is 422 g/mol. The highest BCUT2D eigenvalue weighted by atomic mass is 32.2. The van der Waals surface area contributed by atoms with Crippen molar-refractivity contribution in [2.24, 2.45) is 0 Å². The number of hydrogen-bond acceptors (Lipinski definition) is 7. The van der Waals surface area contributed by atoms with Crippen LogP contribution in [-0.4, -0.2) is 68.3 Å². The van der Waals surface area contributed by atoms with Gasteiger partial charge in [0.25, 0.3) is 0 Å². The monoisotopic (exact) mass is 421 g/mol. The maximum Gasteiger partial charge on any atom is 0.233 e. The Morgan fingerprint density at radius 1 is 1.21 bits per heavy atom. The fraction of sp³-hybridized carbons (Fsp3) is 0.556. The highest BCUT2D eigenvalue weighted by Crippen LogP contribution is 2.33. The number of pyridine rings is 1. The molecule has 1 saturated heterocycles. The van der Waals surface area contributed by atoms with E-state index in [1.807, 2.05) is 28.5 Å². The van der Waals surface area contributed by atoms with Gasteiger partial charge in [0.2, 0.25) is 5.91 Å². The first-order valence-electron chi connectivity index (χ1n) is 9.46. The molecule has 1 amide bonds. The van der Waals surface area contributed by atoms with Crippen LogP contribution in [0.25, 0.3) is 11.4 Å². The summed E-state index contributed by atoms with van der Waals surface area (Å²) in [5, 5.41) is 9.24. The van der Waals surface area contributed by atoms with Gasteiger partial charge in [-0.1, -0.05) is 11.8 Å². The van der Waals surface area contributed by atoms with Gasteiger partial charge in [0, 0.05) is 36.6 Å². The van der Waals surface area contributed by atoms with Gasteiger partial charge < -0.3 is 9.47 Å². The molecule has 8 nitrogen and oxygen atoms in total. The number of hydrogen-bond donors (Lipinski definition) is 0. The predicted octanol–water partition coefficient (Wildman–Crippen LogP) is 1.63. The summed E-state index contributed by atoms with van der Waals surface area (Å²) in [6, 6.07) is 3.78. The molecule has 2 aliphatic rings. The van der Waals surface area contributed by atoms with Crippen molar-refractivity contribution >= 4 is 27.5 Å². The van der Waals surface area contributed by atoms with Gasteiger partial charge in [-0.2, -0.15) is 0 Å². The summed E-state index contributed by atoms with van der Waals surface area (Å²) in [5.74, 6) is 1.26. The zero-order chi connectivity index (χ0) is 19.7. The Hall–Kier alpha value is -1.94. The van der Waals surface area contributed by atoms with Crippen LogP contribution in [0.2, 0.25) is 0 Å². The van der Waals surface area contributed by atoms with Crippen LogP contribution in [-0.2, 0) is 21.2 Å². The number of amides is 1. The Labute approximate surface area is 168 Å². The normalized spacial score (nSPS) is 21.0. The maximum absolute atomic E-state index is 12.9. The second-order valence-electron chi connectivity index (χ2n) is 7.16. The molecule has 0 unspecified atom stereocenters. The van der Waals surface area contributed by atoms with Gasteiger partial charge in [0.1, 0.15) is 0 Å². The fourth-order valence-electron chi connectivity index (χ4n) is 3.65. The van der Waals surface area contributed by atoms with E-state index in [9.17, 15) is 13.2 Å². The minimum atomic E-state index is -3.02. The lowest BCUT2D eigenvalue weighted by Gasteiger charge is -2.28. The van der Waals surface area contributed by atoms with Gasteiger partial charge in [0.05, 0.1) is 17.3 Å². The van der Waals surface area contributed by atoms with E-state index in [0.29, 0.717) is 18.1 Å². The van der Waals surface area contributed by atoms with Crippen LogP contribution in [0.4, 0.5) is 0 Å².